The SMILES string of the molecule is Clc1cccc(-c2nc(Cl)c(I)c(Cl)n2)c1. The Labute approximate surface area is 121 Å². The first-order chi connectivity index (χ1) is 7.58. The topological polar surface area (TPSA) is 25.8 Å². The summed E-state index contributed by atoms with van der Waals surface area (Å²) in [7, 11) is 0. The van der Waals surface area contributed by atoms with E-state index in [9.17, 15) is 0 Å². The first-order valence-corrected chi connectivity index (χ1v) is 6.43. The Bertz CT molecular complexity index is 522. The van der Waals surface area contributed by atoms with Gasteiger partial charge in [-0.15, -0.1) is 0 Å². The summed E-state index contributed by atoms with van der Waals surface area (Å²) in [4.78, 5) is 8.30. The third kappa shape index (κ3) is 2.59. The minimum atomic E-state index is 0.343. The maximum Gasteiger partial charge on any atom is 0.162 e. The summed E-state index contributed by atoms with van der Waals surface area (Å²) < 4.78 is 0.645. The average Bonchev–Trinajstić information content (AvgIpc) is 2.25. The van der Waals surface area contributed by atoms with E-state index in [2.05, 4.69) is 9.97 Å². The van der Waals surface area contributed by atoms with Gasteiger partial charge in [-0.3, -0.25) is 0 Å². The second-order valence-electron chi connectivity index (χ2n) is 2.95. The lowest BCUT2D eigenvalue weighted by Crippen LogP contribution is -1.93. The van der Waals surface area contributed by atoms with Crippen LogP contribution in [0.15, 0.2) is 24.3 Å². The summed E-state index contributed by atoms with van der Waals surface area (Å²) in [6.45, 7) is 0. The van der Waals surface area contributed by atoms with Crippen LogP contribution in [0.4, 0.5) is 0 Å². The molecule has 0 radical (unpaired) electrons. The Morgan fingerprint density at radius 2 is 1.62 bits per heavy atom. The second-order valence-corrected chi connectivity index (χ2v) is 5.18. The van der Waals surface area contributed by atoms with Gasteiger partial charge in [-0.1, -0.05) is 46.9 Å². The lowest BCUT2D eigenvalue weighted by molar-refractivity contribution is 1.16. The van der Waals surface area contributed by atoms with Crippen molar-refractivity contribution < 1.29 is 0 Å². The van der Waals surface area contributed by atoms with Crippen LogP contribution in [-0.4, -0.2) is 9.97 Å². The van der Waals surface area contributed by atoms with Crippen LogP contribution in [0.5, 0.6) is 0 Å². The molecule has 0 aliphatic carbocycles. The van der Waals surface area contributed by atoms with Crippen molar-refractivity contribution in [3.05, 3.63) is 43.2 Å². The standard InChI is InChI=1S/C10H4Cl3IN2/c11-6-3-1-2-5(4-6)10-15-8(12)7(14)9(13)16-10/h1-4H. The van der Waals surface area contributed by atoms with Gasteiger partial charge in [0.05, 0.1) is 3.57 Å². The zero-order valence-electron chi connectivity index (χ0n) is 7.72. The number of hydrogen-bond donors (Lipinski definition) is 0. The Morgan fingerprint density at radius 3 is 2.19 bits per heavy atom. The highest BCUT2D eigenvalue weighted by Gasteiger charge is 2.10. The summed E-state index contributed by atoms with van der Waals surface area (Å²) in [6, 6.07) is 7.21. The van der Waals surface area contributed by atoms with E-state index in [1.807, 2.05) is 34.7 Å². The lowest BCUT2D eigenvalue weighted by atomic mass is 10.2. The predicted octanol–water partition coefficient (Wildman–Crippen LogP) is 4.71. The van der Waals surface area contributed by atoms with Crippen molar-refractivity contribution in [2.24, 2.45) is 0 Å². The number of hydrogen-bond acceptors (Lipinski definition) is 2. The molecule has 82 valence electrons. The van der Waals surface area contributed by atoms with E-state index in [4.69, 9.17) is 34.8 Å². The van der Waals surface area contributed by atoms with Crippen molar-refractivity contribution in [2.45, 2.75) is 0 Å². The lowest BCUT2D eigenvalue weighted by Gasteiger charge is -2.04. The summed E-state index contributed by atoms with van der Waals surface area (Å²) in [5.74, 6) is 0.470. The van der Waals surface area contributed by atoms with Gasteiger partial charge in [0.15, 0.2) is 5.82 Å². The van der Waals surface area contributed by atoms with Crippen LogP contribution in [0.3, 0.4) is 0 Å². The van der Waals surface area contributed by atoms with Gasteiger partial charge in [0.1, 0.15) is 10.3 Å². The Balaban J connectivity index is 2.57. The van der Waals surface area contributed by atoms with E-state index < -0.39 is 0 Å². The summed E-state index contributed by atoms with van der Waals surface area (Å²) in [5, 5.41) is 1.30. The molecule has 0 amide bonds. The van der Waals surface area contributed by atoms with Crippen molar-refractivity contribution >= 4 is 57.4 Å². The molecule has 0 N–H and O–H groups in total. The van der Waals surface area contributed by atoms with Gasteiger partial charge >= 0.3 is 0 Å². The van der Waals surface area contributed by atoms with Crippen LogP contribution in [0.1, 0.15) is 0 Å². The summed E-state index contributed by atoms with van der Waals surface area (Å²) >= 11 is 19.7. The Morgan fingerprint density at radius 1 is 1.00 bits per heavy atom. The highest BCUT2D eigenvalue weighted by atomic mass is 127. The van der Waals surface area contributed by atoms with Crippen molar-refractivity contribution in [1.29, 1.82) is 0 Å². The molecule has 0 unspecified atom stereocenters. The molecule has 0 bridgehead atoms. The molecule has 1 aromatic heterocycles. The normalized spacial score (nSPS) is 10.5. The zero-order chi connectivity index (χ0) is 11.7. The quantitative estimate of drug-likeness (QED) is 0.525. The smallest absolute Gasteiger partial charge is 0.162 e. The first-order valence-electron chi connectivity index (χ1n) is 4.22. The van der Waals surface area contributed by atoms with Crippen LogP contribution < -0.4 is 0 Å². The number of benzene rings is 1. The van der Waals surface area contributed by atoms with Crippen LogP contribution >= 0.6 is 57.4 Å². The maximum absolute atomic E-state index is 5.93. The van der Waals surface area contributed by atoms with Gasteiger partial charge in [-0.25, -0.2) is 9.97 Å². The molecule has 2 aromatic rings. The monoisotopic (exact) mass is 384 g/mol. The fourth-order valence-corrected chi connectivity index (χ4v) is 1.97. The maximum atomic E-state index is 5.93. The fraction of sp³-hybridized carbons (Fsp3) is 0. The van der Waals surface area contributed by atoms with Crippen LogP contribution in [0.2, 0.25) is 15.3 Å². The van der Waals surface area contributed by atoms with E-state index in [1.165, 1.54) is 0 Å². The molecule has 1 aromatic carbocycles. The number of rotatable bonds is 1. The van der Waals surface area contributed by atoms with Gasteiger partial charge in [0.2, 0.25) is 0 Å². The summed E-state index contributed by atoms with van der Waals surface area (Å²) in [6.07, 6.45) is 0. The molecule has 0 aliphatic rings. The van der Waals surface area contributed by atoms with E-state index in [0.717, 1.165) is 5.56 Å². The molecule has 2 rings (SSSR count). The van der Waals surface area contributed by atoms with Crippen molar-refractivity contribution in [3.8, 4) is 11.4 Å². The fourth-order valence-electron chi connectivity index (χ4n) is 1.15. The van der Waals surface area contributed by atoms with Gasteiger partial charge < -0.3 is 0 Å². The first kappa shape index (κ1) is 12.4. The van der Waals surface area contributed by atoms with E-state index in [-0.39, 0.29) is 0 Å². The van der Waals surface area contributed by atoms with Gasteiger partial charge in [0, 0.05) is 10.6 Å². The van der Waals surface area contributed by atoms with E-state index >= 15 is 0 Å². The number of halogens is 4. The average molecular weight is 385 g/mol. The van der Waals surface area contributed by atoms with Gasteiger partial charge in [0.25, 0.3) is 0 Å². The van der Waals surface area contributed by atoms with Crippen molar-refractivity contribution in [1.82, 2.24) is 9.97 Å². The Hall–Kier alpha value is -0.100. The zero-order valence-corrected chi connectivity index (χ0v) is 12.1. The minimum absolute atomic E-state index is 0.343. The highest BCUT2D eigenvalue weighted by molar-refractivity contribution is 14.1. The minimum Gasteiger partial charge on any atom is -0.215 e. The van der Waals surface area contributed by atoms with Gasteiger partial charge in [-0.05, 0) is 34.7 Å². The number of nitrogens with zero attached hydrogens (tertiary/aromatic N) is 2. The largest absolute Gasteiger partial charge is 0.215 e. The molecule has 0 aliphatic heterocycles. The predicted molar refractivity (Wildman–Crippen MR) is 75.2 cm³/mol. The molecule has 0 fully saturated rings. The molecular weight excluding hydrogens is 381 g/mol. The van der Waals surface area contributed by atoms with Gasteiger partial charge in [-0.2, -0.15) is 0 Å². The molecule has 0 spiro atoms. The van der Waals surface area contributed by atoms with Crippen LogP contribution in [-0.2, 0) is 0 Å². The Kier molecular flexibility index (Phi) is 3.89. The molecule has 1 heterocycles. The second kappa shape index (κ2) is 5.04. The summed E-state index contributed by atoms with van der Waals surface area (Å²) in [5.41, 5.74) is 0.785. The molecule has 0 saturated heterocycles. The van der Waals surface area contributed by atoms with Crippen LogP contribution in [0, 0.1) is 3.57 Å². The van der Waals surface area contributed by atoms with E-state index in [0.29, 0.717) is 24.7 Å². The molecule has 0 atom stereocenters. The molecular formula is C10H4Cl3IN2. The third-order valence-electron chi connectivity index (χ3n) is 1.85. The van der Waals surface area contributed by atoms with Crippen molar-refractivity contribution in [3.63, 3.8) is 0 Å². The highest BCUT2D eigenvalue weighted by Crippen LogP contribution is 2.27. The molecule has 2 nitrogen and oxygen atoms in total. The van der Waals surface area contributed by atoms with Crippen LogP contribution in [0.25, 0.3) is 11.4 Å². The third-order valence-corrected chi connectivity index (χ3v) is 4.29. The van der Waals surface area contributed by atoms with E-state index in [1.54, 1.807) is 12.1 Å². The molecule has 0 saturated carbocycles. The number of aromatic nitrogens is 2. The molecule has 16 heavy (non-hydrogen) atoms. The van der Waals surface area contributed by atoms with Crippen molar-refractivity contribution in [2.75, 3.05) is 0 Å². The molecule has 6 heteroatoms.